The van der Waals surface area contributed by atoms with Gasteiger partial charge in [0, 0.05) is 12.6 Å². The highest BCUT2D eigenvalue weighted by atomic mass is 16.5. The maximum Gasteiger partial charge on any atom is 0.308 e. The van der Waals surface area contributed by atoms with Gasteiger partial charge in [-0.1, -0.05) is 0 Å². The third kappa shape index (κ3) is 1.46. The number of methoxy groups -OCH3 is 1. The van der Waals surface area contributed by atoms with Crippen molar-refractivity contribution in [1.82, 2.24) is 5.32 Å². The van der Waals surface area contributed by atoms with Gasteiger partial charge >= 0.3 is 5.97 Å². The molecule has 74 valence electrons. The zero-order valence-electron chi connectivity index (χ0n) is 8.30. The Morgan fingerprint density at radius 1 is 1.46 bits per heavy atom. The van der Waals surface area contributed by atoms with E-state index in [0.717, 1.165) is 19.4 Å². The number of hydrogen-bond donors (Lipinski definition) is 1. The van der Waals surface area contributed by atoms with Gasteiger partial charge in [-0.15, -0.1) is 0 Å². The first-order chi connectivity index (χ1) is 6.15. The monoisotopic (exact) mass is 183 g/mol. The zero-order valence-corrected chi connectivity index (χ0v) is 8.30. The molecule has 3 nitrogen and oxygen atoms in total. The van der Waals surface area contributed by atoms with E-state index in [2.05, 4.69) is 12.2 Å². The summed E-state index contributed by atoms with van der Waals surface area (Å²) in [5.74, 6) is 0.155. The summed E-state index contributed by atoms with van der Waals surface area (Å²) in [5.41, 5.74) is 0.429. The van der Waals surface area contributed by atoms with Crippen molar-refractivity contribution in [3.63, 3.8) is 0 Å². The number of hydrogen-bond acceptors (Lipinski definition) is 3. The Kier molecular flexibility index (Phi) is 2.06. The Morgan fingerprint density at radius 2 is 2.15 bits per heavy atom. The van der Waals surface area contributed by atoms with Gasteiger partial charge in [-0.3, -0.25) is 4.79 Å². The average Bonchev–Trinajstić information content (AvgIpc) is 2.43. The molecule has 1 saturated carbocycles. The Morgan fingerprint density at radius 3 is 2.62 bits per heavy atom. The molecule has 1 atom stereocenters. The predicted octanol–water partition coefficient (Wildman–Crippen LogP) is 0.938. The van der Waals surface area contributed by atoms with Crippen LogP contribution in [0.25, 0.3) is 0 Å². The minimum atomic E-state index is -0.0230. The third-order valence-corrected chi connectivity index (χ3v) is 3.46. The second-order valence-corrected chi connectivity index (χ2v) is 4.61. The van der Waals surface area contributed by atoms with Gasteiger partial charge in [0.05, 0.1) is 13.0 Å². The van der Waals surface area contributed by atoms with Crippen LogP contribution in [-0.2, 0) is 9.53 Å². The topological polar surface area (TPSA) is 38.3 Å². The maximum absolute atomic E-state index is 11.2. The van der Waals surface area contributed by atoms with E-state index in [9.17, 15) is 4.79 Å². The highest BCUT2D eigenvalue weighted by Gasteiger charge is 2.50. The van der Waals surface area contributed by atoms with Crippen LogP contribution in [0.5, 0.6) is 0 Å². The summed E-state index contributed by atoms with van der Waals surface area (Å²) in [6.07, 6.45) is 3.27. The van der Waals surface area contributed by atoms with Crippen molar-refractivity contribution in [3.8, 4) is 0 Å². The minimum absolute atomic E-state index is 0.0230. The number of esters is 1. The van der Waals surface area contributed by atoms with Gasteiger partial charge in [0.15, 0.2) is 0 Å². The molecule has 3 heteroatoms. The minimum Gasteiger partial charge on any atom is -0.469 e. The highest BCUT2D eigenvalue weighted by Crippen LogP contribution is 2.51. The van der Waals surface area contributed by atoms with E-state index in [0.29, 0.717) is 11.5 Å². The number of nitrogens with one attached hydrogen (secondary N) is 1. The standard InChI is InChI=1S/C10H17NO2/c1-7-3-10(6-11-7)4-8(5-10)9(12)13-2/h7-8,11H,3-6H2,1-2H3. The molecule has 1 unspecified atom stereocenters. The molecule has 1 spiro atoms. The molecule has 1 N–H and O–H groups in total. The van der Waals surface area contributed by atoms with Gasteiger partial charge < -0.3 is 10.1 Å². The molecule has 2 aliphatic rings. The number of carbonyl (C=O) groups is 1. The maximum atomic E-state index is 11.2. The van der Waals surface area contributed by atoms with E-state index < -0.39 is 0 Å². The van der Waals surface area contributed by atoms with E-state index in [-0.39, 0.29) is 11.9 Å². The summed E-state index contributed by atoms with van der Waals surface area (Å²) in [7, 11) is 1.48. The lowest BCUT2D eigenvalue weighted by Gasteiger charge is -2.43. The van der Waals surface area contributed by atoms with Gasteiger partial charge in [-0.2, -0.15) is 0 Å². The van der Waals surface area contributed by atoms with E-state index in [1.54, 1.807) is 0 Å². The van der Waals surface area contributed by atoms with Crippen LogP contribution in [-0.4, -0.2) is 25.7 Å². The fraction of sp³-hybridized carbons (Fsp3) is 0.900. The zero-order chi connectivity index (χ0) is 9.47. The molecule has 0 bridgehead atoms. The van der Waals surface area contributed by atoms with Crippen molar-refractivity contribution in [2.45, 2.75) is 32.2 Å². The Balaban J connectivity index is 1.87. The van der Waals surface area contributed by atoms with Crippen molar-refractivity contribution in [2.75, 3.05) is 13.7 Å². The highest BCUT2D eigenvalue weighted by molar-refractivity contribution is 5.73. The second kappa shape index (κ2) is 2.98. The van der Waals surface area contributed by atoms with Crippen LogP contribution in [0, 0.1) is 11.3 Å². The van der Waals surface area contributed by atoms with Crippen LogP contribution >= 0.6 is 0 Å². The molecule has 1 aliphatic carbocycles. The Bertz CT molecular complexity index is 221. The van der Waals surface area contributed by atoms with Crippen molar-refractivity contribution >= 4 is 5.97 Å². The molecule has 0 aromatic heterocycles. The van der Waals surface area contributed by atoms with Gasteiger partial charge in [0.1, 0.15) is 0 Å². The van der Waals surface area contributed by atoms with E-state index in [4.69, 9.17) is 4.74 Å². The van der Waals surface area contributed by atoms with Crippen LogP contribution in [0.15, 0.2) is 0 Å². The molecular weight excluding hydrogens is 166 g/mol. The summed E-state index contributed by atoms with van der Waals surface area (Å²) in [5, 5.41) is 3.44. The van der Waals surface area contributed by atoms with Gasteiger partial charge in [-0.25, -0.2) is 0 Å². The Hall–Kier alpha value is -0.570. The van der Waals surface area contributed by atoms with Crippen LogP contribution in [0.3, 0.4) is 0 Å². The lowest BCUT2D eigenvalue weighted by atomic mass is 9.61. The third-order valence-electron chi connectivity index (χ3n) is 3.46. The molecule has 0 amide bonds. The summed E-state index contributed by atoms with van der Waals surface area (Å²) in [6, 6.07) is 0.624. The van der Waals surface area contributed by atoms with Crippen molar-refractivity contribution in [3.05, 3.63) is 0 Å². The number of carbonyl (C=O) groups excluding carboxylic acids is 1. The summed E-state index contributed by atoms with van der Waals surface area (Å²) in [6.45, 7) is 3.29. The first kappa shape index (κ1) is 9.00. The van der Waals surface area contributed by atoms with Crippen molar-refractivity contribution < 1.29 is 9.53 Å². The van der Waals surface area contributed by atoms with E-state index in [1.165, 1.54) is 13.5 Å². The molecule has 2 rings (SSSR count). The molecular formula is C10H17NO2. The summed E-state index contributed by atoms with van der Waals surface area (Å²) < 4.78 is 4.72. The van der Waals surface area contributed by atoms with Gasteiger partial charge in [0.25, 0.3) is 0 Å². The van der Waals surface area contributed by atoms with Crippen molar-refractivity contribution in [1.29, 1.82) is 0 Å². The number of rotatable bonds is 1. The fourth-order valence-electron chi connectivity index (χ4n) is 2.81. The van der Waals surface area contributed by atoms with Crippen molar-refractivity contribution in [2.24, 2.45) is 11.3 Å². The summed E-state index contributed by atoms with van der Waals surface area (Å²) >= 11 is 0. The van der Waals surface area contributed by atoms with E-state index in [1.807, 2.05) is 0 Å². The Labute approximate surface area is 78.8 Å². The molecule has 2 fully saturated rings. The van der Waals surface area contributed by atoms with E-state index >= 15 is 0 Å². The van der Waals surface area contributed by atoms with Crippen LogP contribution < -0.4 is 5.32 Å². The quantitative estimate of drug-likeness (QED) is 0.615. The molecule has 0 aromatic carbocycles. The SMILES string of the molecule is COC(=O)C1CC2(CNC(C)C2)C1. The smallest absolute Gasteiger partial charge is 0.308 e. The summed E-state index contributed by atoms with van der Waals surface area (Å²) in [4.78, 5) is 11.2. The lowest BCUT2D eigenvalue weighted by molar-refractivity contribution is -0.153. The molecule has 13 heavy (non-hydrogen) atoms. The van der Waals surface area contributed by atoms with Crippen LogP contribution in [0.4, 0.5) is 0 Å². The predicted molar refractivity (Wildman–Crippen MR) is 49.3 cm³/mol. The molecule has 1 saturated heterocycles. The fourth-order valence-corrected chi connectivity index (χ4v) is 2.81. The van der Waals surface area contributed by atoms with Gasteiger partial charge in [-0.05, 0) is 31.6 Å². The largest absolute Gasteiger partial charge is 0.469 e. The second-order valence-electron chi connectivity index (χ2n) is 4.61. The first-order valence-electron chi connectivity index (χ1n) is 4.96. The lowest BCUT2D eigenvalue weighted by Crippen LogP contribution is -2.42. The first-order valence-corrected chi connectivity index (χ1v) is 4.96. The normalized spacial score (nSPS) is 43.2. The molecule has 0 radical (unpaired) electrons. The van der Waals surface area contributed by atoms with Crippen LogP contribution in [0.2, 0.25) is 0 Å². The van der Waals surface area contributed by atoms with Gasteiger partial charge in [0.2, 0.25) is 0 Å². The van der Waals surface area contributed by atoms with Crippen LogP contribution in [0.1, 0.15) is 26.2 Å². The average molecular weight is 183 g/mol. The molecule has 1 heterocycles. The number of ether oxygens (including phenoxy) is 1. The molecule has 0 aromatic rings. The molecule has 1 aliphatic heterocycles.